The molecular weight excluding hydrogens is 214 g/mol. The molecule has 5 heteroatoms. The number of anilines is 2. The number of rotatable bonds is 5. The van der Waals surface area contributed by atoms with Crippen LogP contribution < -0.4 is 10.6 Å². The van der Waals surface area contributed by atoms with Crippen LogP contribution in [0, 0.1) is 11.6 Å². The quantitative estimate of drug-likeness (QED) is 0.786. The van der Waals surface area contributed by atoms with Crippen LogP contribution in [0.5, 0.6) is 0 Å². The number of hydrogen-bond donors (Lipinski definition) is 1. The highest BCUT2D eigenvalue weighted by Crippen LogP contribution is 2.28. The highest BCUT2D eigenvalue weighted by molar-refractivity contribution is 5.68. The van der Waals surface area contributed by atoms with Gasteiger partial charge in [0.15, 0.2) is 11.6 Å². The average molecular weight is 230 g/mol. The molecule has 2 N–H and O–H groups in total. The Kier molecular flexibility index (Phi) is 4.49. The lowest BCUT2D eigenvalue weighted by atomic mass is 10.2. The van der Waals surface area contributed by atoms with Crippen molar-refractivity contribution < 1.29 is 13.5 Å². The van der Waals surface area contributed by atoms with E-state index >= 15 is 0 Å². The standard InChI is InChI=1S/C11H16F2N2O/c1-3-15(6-7-16-2)11-9(14)5-4-8(12)10(11)13/h4-5H,3,6-7,14H2,1-2H3. The molecule has 0 fully saturated rings. The molecule has 0 saturated heterocycles. The maximum Gasteiger partial charge on any atom is 0.184 e. The maximum atomic E-state index is 13.6. The summed E-state index contributed by atoms with van der Waals surface area (Å²) in [5, 5.41) is 0. The SMILES string of the molecule is CCN(CCOC)c1c(N)ccc(F)c1F. The van der Waals surface area contributed by atoms with Gasteiger partial charge in [-0.1, -0.05) is 0 Å². The van der Waals surface area contributed by atoms with Crippen LogP contribution in [0.2, 0.25) is 0 Å². The number of methoxy groups -OCH3 is 1. The first kappa shape index (κ1) is 12.7. The lowest BCUT2D eigenvalue weighted by Gasteiger charge is -2.24. The van der Waals surface area contributed by atoms with Gasteiger partial charge in [-0.15, -0.1) is 0 Å². The zero-order valence-corrected chi connectivity index (χ0v) is 9.46. The molecule has 1 rings (SSSR count). The summed E-state index contributed by atoms with van der Waals surface area (Å²) in [4.78, 5) is 1.65. The van der Waals surface area contributed by atoms with Gasteiger partial charge >= 0.3 is 0 Å². The Balaban J connectivity index is 3.03. The normalized spacial score (nSPS) is 10.5. The molecule has 0 heterocycles. The van der Waals surface area contributed by atoms with Gasteiger partial charge in [0.2, 0.25) is 0 Å². The van der Waals surface area contributed by atoms with Gasteiger partial charge < -0.3 is 15.4 Å². The van der Waals surface area contributed by atoms with Crippen LogP contribution in [-0.2, 0) is 4.74 Å². The Morgan fingerprint density at radius 3 is 2.62 bits per heavy atom. The molecule has 0 spiro atoms. The minimum atomic E-state index is -0.905. The van der Waals surface area contributed by atoms with Gasteiger partial charge in [0.1, 0.15) is 0 Å². The summed E-state index contributed by atoms with van der Waals surface area (Å²) < 4.78 is 31.6. The van der Waals surface area contributed by atoms with Crippen LogP contribution in [0.15, 0.2) is 12.1 Å². The maximum absolute atomic E-state index is 13.6. The molecule has 0 saturated carbocycles. The molecule has 0 radical (unpaired) electrons. The Bertz CT molecular complexity index is 358. The van der Waals surface area contributed by atoms with E-state index in [-0.39, 0.29) is 11.4 Å². The molecular formula is C11H16F2N2O. The fraction of sp³-hybridized carbons (Fsp3) is 0.455. The van der Waals surface area contributed by atoms with E-state index in [0.717, 1.165) is 6.07 Å². The number of nitrogen functional groups attached to an aromatic ring is 1. The Hall–Kier alpha value is -1.36. The van der Waals surface area contributed by atoms with Crippen LogP contribution in [0.25, 0.3) is 0 Å². The molecule has 0 unspecified atom stereocenters. The van der Waals surface area contributed by atoms with E-state index in [0.29, 0.717) is 19.7 Å². The van der Waals surface area contributed by atoms with Gasteiger partial charge in [0.25, 0.3) is 0 Å². The summed E-state index contributed by atoms with van der Waals surface area (Å²) in [7, 11) is 1.55. The van der Waals surface area contributed by atoms with Crippen molar-refractivity contribution in [2.24, 2.45) is 0 Å². The minimum absolute atomic E-state index is 0.111. The molecule has 16 heavy (non-hydrogen) atoms. The van der Waals surface area contributed by atoms with E-state index in [1.807, 2.05) is 6.92 Å². The highest BCUT2D eigenvalue weighted by atomic mass is 19.2. The summed E-state index contributed by atoms with van der Waals surface area (Å²) in [6.07, 6.45) is 0. The minimum Gasteiger partial charge on any atom is -0.397 e. The molecule has 90 valence electrons. The molecule has 0 bridgehead atoms. The van der Waals surface area contributed by atoms with E-state index < -0.39 is 11.6 Å². The van der Waals surface area contributed by atoms with Crippen molar-refractivity contribution in [3.63, 3.8) is 0 Å². The average Bonchev–Trinajstić information content (AvgIpc) is 2.28. The van der Waals surface area contributed by atoms with Gasteiger partial charge in [-0.3, -0.25) is 0 Å². The topological polar surface area (TPSA) is 38.5 Å². The summed E-state index contributed by atoms with van der Waals surface area (Å²) in [6.45, 7) is 3.29. The highest BCUT2D eigenvalue weighted by Gasteiger charge is 2.16. The predicted octanol–water partition coefficient (Wildman–Crippen LogP) is 2.02. The van der Waals surface area contributed by atoms with Crippen LogP contribution in [-0.4, -0.2) is 26.8 Å². The molecule has 1 aromatic carbocycles. The van der Waals surface area contributed by atoms with E-state index in [2.05, 4.69) is 0 Å². The van der Waals surface area contributed by atoms with Crippen LogP contribution in [0.1, 0.15) is 6.92 Å². The first-order valence-electron chi connectivity index (χ1n) is 5.09. The van der Waals surface area contributed by atoms with E-state index in [9.17, 15) is 8.78 Å². The van der Waals surface area contributed by atoms with Gasteiger partial charge in [0.05, 0.1) is 18.0 Å². The molecule has 1 aromatic rings. The van der Waals surface area contributed by atoms with Gasteiger partial charge in [-0.2, -0.15) is 0 Å². The first-order valence-corrected chi connectivity index (χ1v) is 5.09. The largest absolute Gasteiger partial charge is 0.397 e. The van der Waals surface area contributed by atoms with Crippen molar-refractivity contribution in [3.05, 3.63) is 23.8 Å². The Labute approximate surface area is 93.8 Å². The molecule has 0 amide bonds. The van der Waals surface area contributed by atoms with E-state index in [4.69, 9.17) is 10.5 Å². The second-order valence-corrected chi connectivity index (χ2v) is 3.37. The number of likely N-dealkylation sites (N-methyl/N-ethyl adjacent to an activating group) is 1. The smallest absolute Gasteiger partial charge is 0.184 e. The van der Waals surface area contributed by atoms with Gasteiger partial charge in [-0.05, 0) is 19.1 Å². The van der Waals surface area contributed by atoms with Crippen LogP contribution in [0.3, 0.4) is 0 Å². The number of hydrogen-bond acceptors (Lipinski definition) is 3. The number of nitrogens with two attached hydrogens (primary N) is 1. The molecule has 0 aliphatic carbocycles. The molecule has 0 aromatic heterocycles. The van der Waals surface area contributed by atoms with Gasteiger partial charge in [-0.25, -0.2) is 8.78 Å². The third-order valence-corrected chi connectivity index (χ3v) is 2.36. The number of benzene rings is 1. The van der Waals surface area contributed by atoms with Crippen LogP contribution >= 0.6 is 0 Å². The third kappa shape index (κ3) is 2.61. The van der Waals surface area contributed by atoms with Crippen molar-refractivity contribution in [1.82, 2.24) is 0 Å². The lowest BCUT2D eigenvalue weighted by molar-refractivity contribution is 0.205. The van der Waals surface area contributed by atoms with Crippen LogP contribution in [0.4, 0.5) is 20.2 Å². The predicted molar refractivity (Wildman–Crippen MR) is 60.5 cm³/mol. The molecule has 3 nitrogen and oxygen atoms in total. The fourth-order valence-corrected chi connectivity index (χ4v) is 1.51. The zero-order chi connectivity index (χ0) is 12.1. The van der Waals surface area contributed by atoms with Crippen molar-refractivity contribution in [2.75, 3.05) is 37.4 Å². The molecule has 0 aliphatic heterocycles. The summed E-state index contributed by atoms with van der Waals surface area (Å²) in [5.41, 5.74) is 5.99. The van der Waals surface area contributed by atoms with Crippen molar-refractivity contribution in [2.45, 2.75) is 6.92 Å². The fourth-order valence-electron chi connectivity index (χ4n) is 1.51. The third-order valence-electron chi connectivity index (χ3n) is 2.36. The number of ether oxygens (including phenoxy) is 1. The lowest BCUT2D eigenvalue weighted by Crippen LogP contribution is -2.28. The summed E-state index contributed by atoms with van der Waals surface area (Å²) in [5.74, 6) is -1.79. The first-order chi connectivity index (χ1) is 7.61. The monoisotopic (exact) mass is 230 g/mol. The van der Waals surface area contributed by atoms with Crippen molar-refractivity contribution in [3.8, 4) is 0 Å². The molecule has 0 atom stereocenters. The molecule has 0 aliphatic rings. The van der Waals surface area contributed by atoms with Gasteiger partial charge in [0, 0.05) is 20.2 Å². The van der Waals surface area contributed by atoms with E-state index in [1.165, 1.54) is 6.07 Å². The second kappa shape index (κ2) is 5.65. The van der Waals surface area contributed by atoms with Crippen molar-refractivity contribution >= 4 is 11.4 Å². The summed E-state index contributed by atoms with van der Waals surface area (Å²) in [6, 6.07) is 2.39. The van der Waals surface area contributed by atoms with Crippen molar-refractivity contribution in [1.29, 1.82) is 0 Å². The summed E-state index contributed by atoms with van der Waals surface area (Å²) >= 11 is 0. The second-order valence-electron chi connectivity index (χ2n) is 3.37. The number of halogens is 2. The Morgan fingerprint density at radius 1 is 1.38 bits per heavy atom. The zero-order valence-electron chi connectivity index (χ0n) is 9.46. The van der Waals surface area contributed by atoms with E-state index in [1.54, 1.807) is 12.0 Å². The number of nitrogens with zero attached hydrogens (tertiary/aromatic N) is 1. The Morgan fingerprint density at radius 2 is 2.06 bits per heavy atom.